The van der Waals surface area contributed by atoms with Crippen molar-refractivity contribution in [2.45, 2.75) is 13.0 Å². The smallest absolute Gasteiger partial charge is 0.303 e. The van der Waals surface area contributed by atoms with Crippen LogP contribution in [-0.2, 0) is 9.53 Å². The average molecular weight is 251 g/mol. The van der Waals surface area contributed by atoms with Crippen molar-refractivity contribution in [2.75, 3.05) is 0 Å². The van der Waals surface area contributed by atoms with Crippen LogP contribution in [0.5, 0.6) is 0 Å². The molecule has 0 heterocycles. The third kappa shape index (κ3) is 2.63. The summed E-state index contributed by atoms with van der Waals surface area (Å²) in [6.45, 7) is 4.99. The van der Waals surface area contributed by atoms with Crippen LogP contribution >= 0.6 is 0 Å². The number of fused-ring (bicyclic) bond motifs is 1. The lowest BCUT2D eigenvalue weighted by atomic mass is 9.97. The zero-order chi connectivity index (χ0) is 13.8. The van der Waals surface area contributed by atoms with Crippen LogP contribution in [0, 0.1) is 11.3 Å². The highest BCUT2D eigenvalue weighted by atomic mass is 16.5. The maximum atomic E-state index is 11.2. The molecular weight excluding hydrogens is 238 g/mol. The van der Waals surface area contributed by atoms with E-state index in [9.17, 15) is 4.79 Å². The first-order chi connectivity index (χ1) is 9.13. The van der Waals surface area contributed by atoms with Crippen LogP contribution < -0.4 is 0 Å². The first-order valence-corrected chi connectivity index (χ1v) is 5.87. The van der Waals surface area contributed by atoms with Gasteiger partial charge in [-0.15, -0.1) is 0 Å². The van der Waals surface area contributed by atoms with E-state index in [1.165, 1.54) is 6.92 Å². The highest BCUT2D eigenvalue weighted by molar-refractivity contribution is 5.86. The minimum Gasteiger partial charge on any atom is -0.452 e. The van der Waals surface area contributed by atoms with Crippen molar-refractivity contribution in [1.29, 1.82) is 5.26 Å². The number of nitriles is 1. The van der Waals surface area contributed by atoms with Gasteiger partial charge in [-0.1, -0.05) is 49.0 Å². The Balaban J connectivity index is 2.59. The number of ether oxygens (including phenoxy) is 1. The second-order valence-electron chi connectivity index (χ2n) is 4.19. The van der Waals surface area contributed by atoms with E-state index in [4.69, 9.17) is 10.00 Å². The number of nitrogens with zero attached hydrogens (tertiary/aromatic N) is 1. The minimum absolute atomic E-state index is 0.214. The van der Waals surface area contributed by atoms with Gasteiger partial charge < -0.3 is 4.74 Å². The van der Waals surface area contributed by atoms with Gasteiger partial charge >= 0.3 is 5.97 Å². The summed E-state index contributed by atoms with van der Waals surface area (Å²) in [6.07, 6.45) is -0.728. The zero-order valence-electron chi connectivity index (χ0n) is 10.6. The normalized spacial score (nSPS) is 11.6. The molecule has 94 valence electrons. The van der Waals surface area contributed by atoms with Crippen LogP contribution in [-0.4, -0.2) is 5.97 Å². The minimum atomic E-state index is -0.728. The molecule has 2 rings (SSSR count). The summed E-state index contributed by atoms with van der Waals surface area (Å²) in [5, 5.41) is 11.0. The van der Waals surface area contributed by atoms with E-state index >= 15 is 0 Å². The SMILES string of the molecule is C=C(C#N)[C@@H](OC(C)=O)c1cccc2ccccc12. The molecule has 3 nitrogen and oxygen atoms in total. The van der Waals surface area contributed by atoms with E-state index in [0.717, 1.165) is 16.3 Å². The predicted molar refractivity (Wildman–Crippen MR) is 73.2 cm³/mol. The molecule has 0 unspecified atom stereocenters. The van der Waals surface area contributed by atoms with E-state index in [2.05, 4.69) is 6.58 Å². The van der Waals surface area contributed by atoms with Gasteiger partial charge in [0, 0.05) is 12.5 Å². The Morgan fingerprint density at radius 2 is 1.95 bits per heavy atom. The van der Waals surface area contributed by atoms with Gasteiger partial charge in [0.05, 0.1) is 11.6 Å². The van der Waals surface area contributed by atoms with E-state index in [1.807, 2.05) is 48.5 Å². The van der Waals surface area contributed by atoms with Gasteiger partial charge in [-0.2, -0.15) is 5.26 Å². The number of benzene rings is 2. The zero-order valence-corrected chi connectivity index (χ0v) is 10.6. The topological polar surface area (TPSA) is 50.1 Å². The number of hydrogen-bond acceptors (Lipinski definition) is 3. The molecule has 2 aromatic carbocycles. The quantitative estimate of drug-likeness (QED) is 0.619. The Labute approximate surface area is 111 Å². The van der Waals surface area contributed by atoms with Crippen molar-refractivity contribution in [3.63, 3.8) is 0 Å². The first-order valence-electron chi connectivity index (χ1n) is 5.87. The molecule has 0 N–H and O–H groups in total. The molecule has 2 aromatic rings. The van der Waals surface area contributed by atoms with Crippen LogP contribution in [0.4, 0.5) is 0 Å². The number of carbonyl (C=O) groups is 1. The highest BCUT2D eigenvalue weighted by Gasteiger charge is 2.20. The molecule has 0 aliphatic rings. The first kappa shape index (κ1) is 12.8. The van der Waals surface area contributed by atoms with Crippen molar-refractivity contribution in [3.05, 3.63) is 60.2 Å². The Hall–Kier alpha value is -2.60. The van der Waals surface area contributed by atoms with Crippen molar-refractivity contribution in [2.24, 2.45) is 0 Å². The third-order valence-corrected chi connectivity index (χ3v) is 2.85. The van der Waals surface area contributed by atoms with Crippen molar-refractivity contribution in [1.82, 2.24) is 0 Å². The summed E-state index contributed by atoms with van der Waals surface area (Å²) < 4.78 is 5.24. The van der Waals surface area contributed by atoms with Gasteiger partial charge in [0.1, 0.15) is 0 Å². The summed E-state index contributed by atoms with van der Waals surface area (Å²) in [5.41, 5.74) is 0.992. The van der Waals surface area contributed by atoms with Crippen LogP contribution in [0.2, 0.25) is 0 Å². The predicted octanol–water partition coefficient (Wildman–Crippen LogP) is 3.52. The number of hydrogen-bond donors (Lipinski definition) is 0. The summed E-state index contributed by atoms with van der Waals surface area (Å²) in [7, 11) is 0. The van der Waals surface area contributed by atoms with Crippen molar-refractivity contribution in [3.8, 4) is 6.07 Å². The molecular formula is C16H13NO2. The van der Waals surface area contributed by atoms with Gasteiger partial charge in [-0.05, 0) is 10.8 Å². The molecule has 0 spiro atoms. The average Bonchev–Trinajstić information content (AvgIpc) is 2.43. The van der Waals surface area contributed by atoms with Crippen molar-refractivity contribution >= 4 is 16.7 Å². The molecule has 1 atom stereocenters. The van der Waals surface area contributed by atoms with Gasteiger partial charge in [-0.3, -0.25) is 4.79 Å². The fourth-order valence-corrected chi connectivity index (χ4v) is 2.03. The molecule has 19 heavy (non-hydrogen) atoms. The summed E-state index contributed by atoms with van der Waals surface area (Å²) in [6, 6.07) is 15.4. The van der Waals surface area contributed by atoms with Gasteiger partial charge in [0.2, 0.25) is 0 Å². The molecule has 0 saturated heterocycles. The molecule has 0 aromatic heterocycles. The van der Waals surface area contributed by atoms with Crippen LogP contribution in [0.3, 0.4) is 0 Å². The molecule has 0 amide bonds. The lowest BCUT2D eigenvalue weighted by Gasteiger charge is -2.17. The standard InChI is InChI=1S/C16H13NO2/c1-11(10-17)16(19-12(2)18)15-9-5-7-13-6-3-4-8-14(13)15/h3-9,16H,1H2,2H3/t16-/m1/s1. The Morgan fingerprint density at radius 1 is 1.26 bits per heavy atom. The molecule has 0 fully saturated rings. The second-order valence-corrected chi connectivity index (χ2v) is 4.19. The van der Waals surface area contributed by atoms with Gasteiger partial charge in [0.25, 0.3) is 0 Å². The Kier molecular flexibility index (Phi) is 3.63. The van der Waals surface area contributed by atoms with E-state index in [0.29, 0.717) is 0 Å². The number of esters is 1. The lowest BCUT2D eigenvalue weighted by molar-refractivity contribution is -0.144. The molecule has 0 radical (unpaired) electrons. The fraction of sp³-hybridized carbons (Fsp3) is 0.125. The second kappa shape index (κ2) is 5.36. The maximum absolute atomic E-state index is 11.2. The van der Waals surface area contributed by atoms with Crippen LogP contribution in [0.15, 0.2) is 54.6 Å². The van der Waals surface area contributed by atoms with Crippen LogP contribution in [0.25, 0.3) is 10.8 Å². The molecule has 0 aliphatic heterocycles. The molecule has 0 bridgehead atoms. The monoisotopic (exact) mass is 251 g/mol. The van der Waals surface area contributed by atoms with E-state index in [-0.39, 0.29) is 5.57 Å². The lowest BCUT2D eigenvalue weighted by Crippen LogP contribution is -2.10. The maximum Gasteiger partial charge on any atom is 0.303 e. The van der Waals surface area contributed by atoms with E-state index < -0.39 is 12.1 Å². The number of carbonyl (C=O) groups excluding carboxylic acids is 1. The summed E-state index contributed by atoms with van der Waals surface area (Å²) in [4.78, 5) is 11.2. The largest absolute Gasteiger partial charge is 0.452 e. The molecule has 3 heteroatoms. The molecule has 0 saturated carbocycles. The Bertz CT molecular complexity index is 677. The van der Waals surface area contributed by atoms with Crippen LogP contribution in [0.1, 0.15) is 18.6 Å². The van der Waals surface area contributed by atoms with Crippen molar-refractivity contribution < 1.29 is 9.53 Å². The van der Waals surface area contributed by atoms with Gasteiger partial charge in [-0.25, -0.2) is 0 Å². The third-order valence-electron chi connectivity index (χ3n) is 2.85. The van der Waals surface area contributed by atoms with Gasteiger partial charge in [0.15, 0.2) is 6.10 Å². The fourth-order valence-electron chi connectivity index (χ4n) is 2.03. The Morgan fingerprint density at radius 3 is 2.63 bits per heavy atom. The summed E-state index contributed by atoms with van der Waals surface area (Å²) in [5.74, 6) is -0.436. The highest BCUT2D eigenvalue weighted by Crippen LogP contribution is 2.30. The van der Waals surface area contributed by atoms with E-state index in [1.54, 1.807) is 0 Å². The number of rotatable bonds is 3. The summed E-state index contributed by atoms with van der Waals surface area (Å²) >= 11 is 0. The molecule has 0 aliphatic carbocycles.